The van der Waals surface area contributed by atoms with Crippen LogP contribution in [-0.4, -0.2) is 21.3 Å². The van der Waals surface area contributed by atoms with Gasteiger partial charge in [0, 0.05) is 18.3 Å². The van der Waals surface area contributed by atoms with Crippen molar-refractivity contribution in [3.8, 4) is 0 Å². The van der Waals surface area contributed by atoms with Crippen LogP contribution in [0.4, 0.5) is 5.13 Å². The van der Waals surface area contributed by atoms with Crippen molar-refractivity contribution in [2.24, 2.45) is 0 Å². The van der Waals surface area contributed by atoms with E-state index in [1.807, 2.05) is 17.6 Å². The van der Waals surface area contributed by atoms with E-state index in [0.717, 1.165) is 35.9 Å². The van der Waals surface area contributed by atoms with Crippen molar-refractivity contribution in [2.45, 2.75) is 32.7 Å². The molecule has 0 aromatic carbocycles. The van der Waals surface area contributed by atoms with Crippen molar-refractivity contribution in [2.75, 3.05) is 11.9 Å². The lowest BCUT2D eigenvalue weighted by Crippen LogP contribution is -2.23. The number of rotatable bonds is 4. The van der Waals surface area contributed by atoms with Crippen LogP contribution in [0, 0.1) is 0 Å². The van der Waals surface area contributed by atoms with Gasteiger partial charge in [0.25, 0.3) is 5.56 Å². The Balaban J connectivity index is 1.90. The molecule has 0 aliphatic heterocycles. The number of nitrogens with zero attached hydrogens (tertiary/aromatic N) is 3. The van der Waals surface area contributed by atoms with Gasteiger partial charge in [-0.05, 0) is 31.7 Å². The molecule has 0 unspecified atom stereocenters. The highest BCUT2D eigenvalue weighted by atomic mass is 32.1. The van der Waals surface area contributed by atoms with E-state index in [-0.39, 0.29) is 5.56 Å². The summed E-state index contributed by atoms with van der Waals surface area (Å²) in [6.45, 7) is 3.38. The van der Waals surface area contributed by atoms with Crippen LogP contribution in [0.15, 0.2) is 16.9 Å². The highest BCUT2D eigenvalue weighted by Gasteiger charge is 2.16. The van der Waals surface area contributed by atoms with Crippen LogP contribution >= 0.6 is 11.3 Å². The van der Waals surface area contributed by atoms with Crippen LogP contribution in [0.1, 0.15) is 29.6 Å². The Morgan fingerprint density at radius 1 is 1.37 bits per heavy atom. The van der Waals surface area contributed by atoms with Crippen molar-refractivity contribution < 1.29 is 0 Å². The van der Waals surface area contributed by atoms with Crippen molar-refractivity contribution >= 4 is 16.5 Å². The number of pyridine rings is 1. The fourth-order valence-electron chi connectivity index (χ4n) is 2.48. The summed E-state index contributed by atoms with van der Waals surface area (Å²) < 4.78 is 1.85. The summed E-state index contributed by atoms with van der Waals surface area (Å²) in [6, 6.07) is 3.63. The molecule has 6 heteroatoms. The third-order valence-corrected chi connectivity index (χ3v) is 4.20. The van der Waals surface area contributed by atoms with E-state index in [0.29, 0.717) is 6.54 Å². The zero-order valence-corrected chi connectivity index (χ0v) is 11.7. The fourth-order valence-corrected chi connectivity index (χ4v) is 3.28. The van der Waals surface area contributed by atoms with E-state index in [1.165, 1.54) is 22.6 Å². The van der Waals surface area contributed by atoms with E-state index in [9.17, 15) is 4.79 Å². The van der Waals surface area contributed by atoms with Crippen LogP contribution in [0.2, 0.25) is 0 Å². The molecule has 0 atom stereocenters. The number of anilines is 1. The second-order valence-corrected chi connectivity index (χ2v) is 5.68. The molecule has 100 valence electrons. The van der Waals surface area contributed by atoms with Gasteiger partial charge in [0.2, 0.25) is 5.13 Å². The summed E-state index contributed by atoms with van der Waals surface area (Å²) in [4.78, 5) is 12.0. The summed E-state index contributed by atoms with van der Waals surface area (Å²) in [6.07, 6.45) is 3.20. The molecule has 1 aliphatic carbocycles. The summed E-state index contributed by atoms with van der Waals surface area (Å²) in [5.41, 5.74) is 2.53. The Labute approximate surface area is 115 Å². The maximum absolute atomic E-state index is 12.0. The van der Waals surface area contributed by atoms with Crippen LogP contribution in [0.5, 0.6) is 0 Å². The molecule has 19 heavy (non-hydrogen) atoms. The van der Waals surface area contributed by atoms with E-state index in [2.05, 4.69) is 15.5 Å². The van der Waals surface area contributed by atoms with Gasteiger partial charge < -0.3 is 9.88 Å². The maximum Gasteiger partial charge on any atom is 0.251 e. The SMILES string of the molecule is CCNc1nnc(Cn2c3c(ccc2=O)CCC3)s1. The normalized spacial score (nSPS) is 13.5. The Morgan fingerprint density at radius 3 is 3.11 bits per heavy atom. The molecule has 0 amide bonds. The average molecular weight is 276 g/mol. The largest absolute Gasteiger partial charge is 0.360 e. The lowest BCUT2D eigenvalue weighted by molar-refractivity contribution is 0.697. The van der Waals surface area contributed by atoms with Gasteiger partial charge in [0.15, 0.2) is 0 Å². The molecule has 5 nitrogen and oxygen atoms in total. The maximum atomic E-state index is 12.0. The molecule has 0 bridgehead atoms. The first-order chi connectivity index (χ1) is 9.28. The Morgan fingerprint density at radius 2 is 2.26 bits per heavy atom. The van der Waals surface area contributed by atoms with Gasteiger partial charge in [-0.3, -0.25) is 4.79 Å². The molecule has 3 rings (SSSR count). The third kappa shape index (κ3) is 2.40. The first-order valence-corrected chi connectivity index (χ1v) is 7.37. The zero-order valence-electron chi connectivity index (χ0n) is 10.8. The molecule has 1 aliphatic rings. The fraction of sp³-hybridized carbons (Fsp3) is 0.462. The molecule has 0 fully saturated rings. The Hall–Kier alpha value is -1.69. The van der Waals surface area contributed by atoms with E-state index >= 15 is 0 Å². The van der Waals surface area contributed by atoms with Crippen molar-refractivity contribution in [1.82, 2.24) is 14.8 Å². The predicted octanol–water partition coefficient (Wildman–Crippen LogP) is 1.67. The quantitative estimate of drug-likeness (QED) is 0.923. The van der Waals surface area contributed by atoms with Gasteiger partial charge in [-0.15, -0.1) is 10.2 Å². The zero-order chi connectivity index (χ0) is 13.2. The van der Waals surface area contributed by atoms with Crippen molar-refractivity contribution in [3.05, 3.63) is 38.8 Å². The molecule has 0 saturated carbocycles. The van der Waals surface area contributed by atoms with Crippen LogP contribution < -0.4 is 10.9 Å². The molecule has 2 aromatic rings. The number of aromatic nitrogens is 3. The lowest BCUT2D eigenvalue weighted by Gasteiger charge is -2.09. The molecule has 2 heterocycles. The van der Waals surface area contributed by atoms with Crippen LogP contribution in [0.25, 0.3) is 0 Å². The standard InChI is InChI=1S/C13H16N4OS/c1-2-14-13-16-15-11(19-13)8-17-10-5-3-4-9(10)6-7-12(17)18/h6-7H,2-5,8H2,1H3,(H,14,16). The smallest absolute Gasteiger partial charge is 0.251 e. The predicted molar refractivity (Wildman–Crippen MR) is 75.9 cm³/mol. The molecule has 0 radical (unpaired) electrons. The monoisotopic (exact) mass is 276 g/mol. The van der Waals surface area contributed by atoms with Gasteiger partial charge in [0.05, 0.1) is 6.54 Å². The number of aryl methyl sites for hydroxylation is 1. The van der Waals surface area contributed by atoms with E-state index in [1.54, 1.807) is 6.07 Å². The van der Waals surface area contributed by atoms with Crippen molar-refractivity contribution in [1.29, 1.82) is 0 Å². The molecular weight excluding hydrogens is 260 g/mol. The highest BCUT2D eigenvalue weighted by Crippen LogP contribution is 2.22. The summed E-state index contributed by atoms with van der Waals surface area (Å²) >= 11 is 1.51. The summed E-state index contributed by atoms with van der Waals surface area (Å²) in [5, 5.41) is 13.0. The number of fused-ring (bicyclic) bond motifs is 1. The molecule has 1 N–H and O–H groups in total. The van der Waals surface area contributed by atoms with Gasteiger partial charge in [-0.1, -0.05) is 17.4 Å². The summed E-state index contributed by atoms with van der Waals surface area (Å²) in [5.74, 6) is 0. The minimum Gasteiger partial charge on any atom is -0.360 e. The molecule has 0 saturated heterocycles. The number of nitrogens with one attached hydrogen (secondary N) is 1. The first-order valence-electron chi connectivity index (χ1n) is 6.56. The molecular formula is C13H16N4OS. The second-order valence-electron chi connectivity index (χ2n) is 4.61. The van der Waals surface area contributed by atoms with Crippen LogP contribution in [0.3, 0.4) is 0 Å². The molecule has 2 aromatic heterocycles. The minimum atomic E-state index is 0.0563. The Kier molecular flexibility index (Phi) is 3.33. The first kappa shape index (κ1) is 12.3. The summed E-state index contributed by atoms with van der Waals surface area (Å²) in [7, 11) is 0. The van der Waals surface area contributed by atoms with E-state index < -0.39 is 0 Å². The van der Waals surface area contributed by atoms with Gasteiger partial charge in [0.1, 0.15) is 5.01 Å². The second kappa shape index (κ2) is 5.13. The lowest BCUT2D eigenvalue weighted by atomic mass is 10.2. The Bertz CT molecular complexity index is 646. The highest BCUT2D eigenvalue weighted by molar-refractivity contribution is 7.15. The average Bonchev–Trinajstić information content (AvgIpc) is 3.02. The number of hydrogen-bond acceptors (Lipinski definition) is 5. The third-order valence-electron chi connectivity index (χ3n) is 3.34. The minimum absolute atomic E-state index is 0.0563. The topological polar surface area (TPSA) is 59.8 Å². The van der Waals surface area contributed by atoms with Crippen LogP contribution in [-0.2, 0) is 19.4 Å². The number of hydrogen-bond donors (Lipinski definition) is 1. The van der Waals surface area contributed by atoms with Gasteiger partial charge >= 0.3 is 0 Å². The van der Waals surface area contributed by atoms with E-state index in [4.69, 9.17) is 0 Å². The van der Waals surface area contributed by atoms with Gasteiger partial charge in [-0.25, -0.2) is 0 Å². The van der Waals surface area contributed by atoms with Crippen molar-refractivity contribution in [3.63, 3.8) is 0 Å². The van der Waals surface area contributed by atoms with Gasteiger partial charge in [-0.2, -0.15) is 0 Å². The molecule has 0 spiro atoms.